The van der Waals surface area contributed by atoms with Crippen molar-refractivity contribution in [1.29, 1.82) is 0 Å². The van der Waals surface area contributed by atoms with E-state index in [4.69, 9.17) is 15.9 Å². The Balaban J connectivity index is 1.73. The minimum absolute atomic E-state index is 0.0571. The van der Waals surface area contributed by atoms with Crippen LogP contribution >= 0.6 is 0 Å². The highest BCUT2D eigenvalue weighted by Gasteiger charge is 2.12. The lowest BCUT2D eigenvalue weighted by Gasteiger charge is -2.12. The number of ether oxygens (including phenoxy) is 2. The summed E-state index contributed by atoms with van der Waals surface area (Å²) in [7, 11) is 1.53. The molecule has 0 aliphatic carbocycles. The maximum absolute atomic E-state index is 12.4. The van der Waals surface area contributed by atoms with Gasteiger partial charge in [0, 0.05) is 5.39 Å². The summed E-state index contributed by atoms with van der Waals surface area (Å²) >= 11 is 0. The summed E-state index contributed by atoms with van der Waals surface area (Å²) in [5.74, 6) is 3.11. The molecular weight excluding hydrogens is 358 g/mol. The van der Waals surface area contributed by atoms with Crippen LogP contribution in [0.5, 0.6) is 11.5 Å². The molecule has 1 aromatic heterocycles. The second-order valence-corrected chi connectivity index (χ2v) is 5.88. The molecule has 0 aliphatic rings. The van der Waals surface area contributed by atoms with Crippen LogP contribution in [-0.4, -0.2) is 29.4 Å². The number of fused-ring (bicyclic) bond motifs is 1. The Morgan fingerprint density at radius 1 is 1.14 bits per heavy atom. The van der Waals surface area contributed by atoms with Crippen LogP contribution in [0, 0.1) is 12.3 Å². The van der Waals surface area contributed by atoms with Gasteiger partial charge >= 0.3 is 0 Å². The van der Waals surface area contributed by atoms with Gasteiger partial charge in [-0.15, -0.1) is 6.42 Å². The minimum Gasteiger partial charge on any atom is -0.493 e. The summed E-state index contributed by atoms with van der Waals surface area (Å²) in [6.07, 6.45) is 5.32. The average molecular weight is 377 g/mol. The summed E-state index contributed by atoms with van der Waals surface area (Å²) < 4.78 is 11.9. The van der Waals surface area contributed by atoms with Crippen molar-refractivity contribution < 1.29 is 14.3 Å². The van der Waals surface area contributed by atoms with Crippen LogP contribution in [0.15, 0.2) is 53.3 Å². The molecule has 0 aliphatic heterocycles. The molecule has 0 saturated heterocycles. The second kappa shape index (κ2) is 8.73. The zero-order valence-corrected chi connectivity index (χ0v) is 15.3. The summed E-state index contributed by atoms with van der Waals surface area (Å²) in [6.45, 7) is 0.0172. The molecule has 0 radical (unpaired) electrons. The van der Waals surface area contributed by atoms with Crippen LogP contribution in [0.3, 0.4) is 0 Å². The van der Waals surface area contributed by atoms with Gasteiger partial charge in [-0.05, 0) is 18.2 Å². The monoisotopic (exact) mass is 377 g/mol. The number of benzene rings is 2. The smallest absolute Gasteiger partial charge is 0.275 e. The number of aromatic nitrogens is 2. The van der Waals surface area contributed by atoms with Crippen molar-refractivity contribution in [3.63, 3.8) is 0 Å². The number of nitrogens with zero attached hydrogens (tertiary/aromatic N) is 2. The molecule has 3 rings (SSSR count). The molecule has 3 aromatic rings. The largest absolute Gasteiger partial charge is 0.493 e. The normalized spacial score (nSPS) is 10.3. The minimum atomic E-state index is -0.327. The molecule has 7 heteroatoms. The van der Waals surface area contributed by atoms with Crippen molar-refractivity contribution in [2.45, 2.75) is 13.1 Å². The predicted molar refractivity (Wildman–Crippen MR) is 105 cm³/mol. The molecule has 28 heavy (non-hydrogen) atoms. The first-order valence-electron chi connectivity index (χ1n) is 8.58. The van der Waals surface area contributed by atoms with Crippen molar-refractivity contribution in [3.05, 3.63) is 64.6 Å². The van der Waals surface area contributed by atoms with E-state index in [1.165, 1.54) is 11.8 Å². The number of hydrogen-bond acceptors (Lipinski definition) is 5. The first-order chi connectivity index (χ1) is 13.6. The lowest BCUT2D eigenvalue weighted by molar-refractivity contribution is -0.123. The third-order valence-electron chi connectivity index (χ3n) is 4.07. The molecule has 1 heterocycles. The van der Waals surface area contributed by atoms with Crippen LogP contribution in [0.25, 0.3) is 10.8 Å². The van der Waals surface area contributed by atoms with Crippen molar-refractivity contribution in [2.24, 2.45) is 0 Å². The predicted octanol–water partition coefficient (Wildman–Crippen LogP) is 1.73. The number of carbonyl (C=O) groups is 1. The van der Waals surface area contributed by atoms with Gasteiger partial charge in [0.1, 0.15) is 6.54 Å². The molecule has 0 saturated carbocycles. The fraction of sp³-hybridized carbons (Fsp3) is 0.190. The quantitative estimate of drug-likeness (QED) is 0.634. The zero-order chi connectivity index (χ0) is 19.9. The van der Waals surface area contributed by atoms with Gasteiger partial charge in [0.05, 0.1) is 24.7 Å². The van der Waals surface area contributed by atoms with Crippen LogP contribution < -0.4 is 20.3 Å². The summed E-state index contributed by atoms with van der Waals surface area (Å²) in [5, 5.41) is 8.22. The van der Waals surface area contributed by atoms with E-state index in [0.29, 0.717) is 28.0 Å². The van der Waals surface area contributed by atoms with E-state index in [9.17, 15) is 9.59 Å². The van der Waals surface area contributed by atoms with Gasteiger partial charge in [-0.2, -0.15) is 5.10 Å². The average Bonchev–Trinajstić information content (AvgIpc) is 2.73. The van der Waals surface area contributed by atoms with Crippen LogP contribution in [0.4, 0.5) is 0 Å². The highest BCUT2D eigenvalue weighted by Crippen LogP contribution is 2.25. The van der Waals surface area contributed by atoms with Crippen molar-refractivity contribution >= 4 is 16.7 Å². The molecule has 0 atom stereocenters. The van der Waals surface area contributed by atoms with Gasteiger partial charge in [0.25, 0.3) is 11.5 Å². The third kappa shape index (κ3) is 4.13. The fourth-order valence-corrected chi connectivity index (χ4v) is 2.74. The SMILES string of the molecule is C#CCn1nc(CNC(=O)COc2ccccc2OC)c2ccccc2c1=O. The molecule has 1 amide bonds. The Morgan fingerprint density at radius 2 is 1.82 bits per heavy atom. The van der Waals surface area contributed by atoms with Gasteiger partial charge in [0.2, 0.25) is 0 Å². The Kier molecular flexibility index (Phi) is 5.92. The van der Waals surface area contributed by atoms with E-state index < -0.39 is 0 Å². The van der Waals surface area contributed by atoms with Gasteiger partial charge in [-0.25, -0.2) is 4.68 Å². The zero-order valence-electron chi connectivity index (χ0n) is 15.3. The highest BCUT2D eigenvalue weighted by molar-refractivity contribution is 5.84. The third-order valence-corrected chi connectivity index (χ3v) is 4.07. The van der Waals surface area contributed by atoms with Crippen LogP contribution in [-0.2, 0) is 17.9 Å². The Labute approximate surface area is 161 Å². The van der Waals surface area contributed by atoms with Crippen LogP contribution in [0.2, 0.25) is 0 Å². The Hall–Kier alpha value is -3.79. The number of carbonyl (C=O) groups excluding carboxylic acids is 1. The Morgan fingerprint density at radius 3 is 2.54 bits per heavy atom. The number of rotatable bonds is 7. The molecular formula is C21H19N3O4. The van der Waals surface area contributed by atoms with Gasteiger partial charge in [0.15, 0.2) is 18.1 Å². The van der Waals surface area contributed by atoms with E-state index in [1.54, 1.807) is 36.4 Å². The number of methoxy groups -OCH3 is 1. The van der Waals surface area contributed by atoms with E-state index in [0.717, 1.165) is 0 Å². The summed E-state index contributed by atoms with van der Waals surface area (Å²) in [4.78, 5) is 24.6. The molecule has 0 spiro atoms. The first-order valence-corrected chi connectivity index (χ1v) is 8.58. The van der Waals surface area contributed by atoms with Crippen molar-refractivity contribution in [2.75, 3.05) is 13.7 Å². The van der Waals surface area contributed by atoms with E-state index in [2.05, 4.69) is 16.3 Å². The number of para-hydroxylation sites is 2. The maximum atomic E-state index is 12.4. The Bertz CT molecular complexity index is 1100. The van der Waals surface area contributed by atoms with E-state index in [-0.39, 0.29) is 31.2 Å². The lowest BCUT2D eigenvalue weighted by atomic mass is 10.1. The summed E-state index contributed by atoms with van der Waals surface area (Å²) in [6, 6.07) is 14.2. The van der Waals surface area contributed by atoms with Crippen LogP contribution in [0.1, 0.15) is 5.69 Å². The van der Waals surface area contributed by atoms with Gasteiger partial charge in [-0.1, -0.05) is 36.3 Å². The highest BCUT2D eigenvalue weighted by atomic mass is 16.5. The molecule has 142 valence electrons. The molecule has 7 nitrogen and oxygen atoms in total. The molecule has 0 bridgehead atoms. The van der Waals surface area contributed by atoms with Gasteiger partial charge in [-0.3, -0.25) is 9.59 Å². The molecule has 2 aromatic carbocycles. The molecule has 0 fully saturated rings. The second-order valence-electron chi connectivity index (χ2n) is 5.88. The summed E-state index contributed by atoms with van der Waals surface area (Å²) in [5.41, 5.74) is 0.291. The fourth-order valence-electron chi connectivity index (χ4n) is 2.74. The van der Waals surface area contributed by atoms with Crippen molar-refractivity contribution in [1.82, 2.24) is 15.1 Å². The van der Waals surface area contributed by atoms with Gasteiger partial charge < -0.3 is 14.8 Å². The number of amides is 1. The number of terminal acetylenes is 1. The topological polar surface area (TPSA) is 82.5 Å². The number of hydrogen-bond donors (Lipinski definition) is 1. The van der Waals surface area contributed by atoms with Crippen molar-refractivity contribution in [3.8, 4) is 23.8 Å². The lowest BCUT2D eigenvalue weighted by Crippen LogP contribution is -2.31. The van der Waals surface area contributed by atoms with E-state index >= 15 is 0 Å². The standard InChI is InChI=1S/C21H19N3O4/c1-3-12-24-21(26)16-9-5-4-8-15(16)17(23-24)13-22-20(25)14-28-19-11-7-6-10-18(19)27-2/h1,4-11H,12-14H2,2H3,(H,22,25). The molecule has 0 unspecified atom stereocenters. The van der Waals surface area contributed by atoms with E-state index in [1.807, 2.05) is 12.1 Å². The maximum Gasteiger partial charge on any atom is 0.275 e. The molecule has 1 N–H and O–H groups in total. The first kappa shape index (κ1) is 19.0. The number of nitrogens with one attached hydrogen (secondary N) is 1.